The number of aliphatic hydroxyl groups is 2. The van der Waals surface area contributed by atoms with Crippen LogP contribution in [0.2, 0.25) is 0 Å². The lowest BCUT2D eigenvalue weighted by Gasteiger charge is -2.22. The molecule has 0 aliphatic heterocycles. The zero-order valence-electron chi connectivity index (χ0n) is 41.4. The number of carbonyl (C=O) groups is 1. The van der Waals surface area contributed by atoms with Crippen molar-refractivity contribution in [2.45, 2.75) is 283 Å². The number of unbranched alkanes of at least 4 members (excludes halogenated alkanes) is 30. The van der Waals surface area contributed by atoms with Gasteiger partial charge >= 0.3 is 0 Å². The summed E-state index contributed by atoms with van der Waals surface area (Å²) in [6, 6.07) is -0.535. The summed E-state index contributed by atoms with van der Waals surface area (Å²) in [5.74, 6) is -0.0308. The first-order valence-corrected chi connectivity index (χ1v) is 27.1. The largest absolute Gasteiger partial charge is 0.394 e. The normalized spacial score (nSPS) is 13.4. The lowest BCUT2D eigenvalue weighted by Crippen LogP contribution is -2.45. The third-order valence-electron chi connectivity index (χ3n) is 12.2. The van der Waals surface area contributed by atoms with E-state index in [0.717, 1.165) is 64.2 Å². The van der Waals surface area contributed by atoms with Gasteiger partial charge in [0.25, 0.3) is 0 Å². The number of hydrogen-bond donors (Lipinski definition) is 3. The molecule has 4 heteroatoms. The molecule has 0 bridgehead atoms. The fourth-order valence-corrected chi connectivity index (χ4v) is 8.13. The molecule has 0 aromatic heterocycles. The van der Waals surface area contributed by atoms with E-state index in [-0.39, 0.29) is 12.5 Å². The summed E-state index contributed by atoms with van der Waals surface area (Å²) in [7, 11) is 0. The summed E-state index contributed by atoms with van der Waals surface area (Å²) in [5, 5.41) is 23.2. The lowest BCUT2D eigenvalue weighted by molar-refractivity contribution is -0.123. The molecule has 3 N–H and O–H groups in total. The van der Waals surface area contributed by atoms with E-state index in [4.69, 9.17) is 0 Å². The van der Waals surface area contributed by atoms with Crippen molar-refractivity contribution in [3.05, 3.63) is 72.9 Å². The van der Waals surface area contributed by atoms with Crippen LogP contribution in [-0.2, 0) is 4.79 Å². The quantitative estimate of drug-likeness (QED) is 0.0421. The molecule has 1 amide bonds. The summed E-state index contributed by atoms with van der Waals surface area (Å²) in [6.07, 6.45) is 76.1. The standard InChI is InChI=1S/C58H105NO3/c1-3-5-7-9-11-13-15-16-17-18-19-20-21-22-23-24-25-26-27-28-29-30-31-32-33-34-35-36-37-38-39-40-41-42-44-46-48-50-52-54-58(62)59-56(55-60)57(61)53-51-49-47-45-43-14-12-10-8-6-4-2/h5,7,11,13,16-17,19-20,22-23,25-26,56-57,60-61H,3-4,6,8-10,12,14-15,18,21,24,27-55H2,1-2H3,(H,59,62)/b7-5-,13-11-,17-16-,20-19-,23-22-,26-25-. The highest BCUT2D eigenvalue weighted by molar-refractivity contribution is 5.76. The van der Waals surface area contributed by atoms with Crippen molar-refractivity contribution in [3.63, 3.8) is 0 Å². The van der Waals surface area contributed by atoms with Gasteiger partial charge in [0.2, 0.25) is 5.91 Å². The van der Waals surface area contributed by atoms with Crippen LogP contribution in [0, 0.1) is 0 Å². The van der Waals surface area contributed by atoms with Gasteiger partial charge in [-0.15, -0.1) is 0 Å². The first kappa shape index (κ1) is 59.8. The highest BCUT2D eigenvalue weighted by Crippen LogP contribution is 2.17. The van der Waals surface area contributed by atoms with Gasteiger partial charge in [0.15, 0.2) is 0 Å². The van der Waals surface area contributed by atoms with E-state index in [1.807, 2.05) is 0 Å². The highest BCUT2D eigenvalue weighted by Gasteiger charge is 2.20. The minimum atomic E-state index is -0.658. The number of amides is 1. The number of rotatable bonds is 49. The average Bonchev–Trinajstić information content (AvgIpc) is 3.28. The van der Waals surface area contributed by atoms with Crippen molar-refractivity contribution in [1.82, 2.24) is 5.32 Å². The van der Waals surface area contributed by atoms with Gasteiger partial charge in [-0.05, 0) is 64.2 Å². The topological polar surface area (TPSA) is 69.6 Å². The second kappa shape index (κ2) is 53.2. The second-order valence-corrected chi connectivity index (χ2v) is 18.3. The summed E-state index contributed by atoms with van der Waals surface area (Å²) in [5.41, 5.74) is 0. The van der Waals surface area contributed by atoms with Gasteiger partial charge in [-0.3, -0.25) is 4.79 Å². The Morgan fingerprint density at radius 3 is 1.06 bits per heavy atom. The third kappa shape index (κ3) is 48.9. The van der Waals surface area contributed by atoms with Crippen molar-refractivity contribution in [3.8, 4) is 0 Å². The predicted molar refractivity (Wildman–Crippen MR) is 276 cm³/mol. The molecule has 0 radical (unpaired) electrons. The van der Waals surface area contributed by atoms with Crippen LogP contribution >= 0.6 is 0 Å². The molecular formula is C58H105NO3. The Balaban J connectivity index is 3.42. The highest BCUT2D eigenvalue weighted by atomic mass is 16.3. The minimum absolute atomic E-state index is 0.0308. The summed E-state index contributed by atoms with van der Waals surface area (Å²) in [4.78, 5) is 12.4. The molecule has 0 aromatic carbocycles. The van der Waals surface area contributed by atoms with Crippen LogP contribution in [-0.4, -0.2) is 34.9 Å². The second-order valence-electron chi connectivity index (χ2n) is 18.3. The molecule has 0 fully saturated rings. The van der Waals surface area contributed by atoms with Crippen LogP contribution in [0.25, 0.3) is 0 Å². The van der Waals surface area contributed by atoms with Crippen molar-refractivity contribution in [1.29, 1.82) is 0 Å². The van der Waals surface area contributed by atoms with E-state index < -0.39 is 12.1 Å². The van der Waals surface area contributed by atoms with Gasteiger partial charge in [0.1, 0.15) is 0 Å². The molecule has 0 aromatic rings. The Hall–Kier alpha value is -2.17. The molecule has 0 spiro atoms. The van der Waals surface area contributed by atoms with Crippen molar-refractivity contribution in [2.24, 2.45) is 0 Å². The maximum absolute atomic E-state index is 12.4. The van der Waals surface area contributed by atoms with Gasteiger partial charge in [0, 0.05) is 6.42 Å². The molecule has 4 nitrogen and oxygen atoms in total. The molecule has 0 saturated heterocycles. The third-order valence-corrected chi connectivity index (χ3v) is 12.2. The van der Waals surface area contributed by atoms with E-state index in [0.29, 0.717) is 12.8 Å². The smallest absolute Gasteiger partial charge is 0.220 e. The number of carbonyl (C=O) groups excluding carboxylic acids is 1. The fraction of sp³-hybridized carbons (Fsp3) is 0.776. The van der Waals surface area contributed by atoms with E-state index in [2.05, 4.69) is 92.1 Å². The minimum Gasteiger partial charge on any atom is -0.394 e. The van der Waals surface area contributed by atoms with Crippen LogP contribution in [0.15, 0.2) is 72.9 Å². The summed E-state index contributed by atoms with van der Waals surface area (Å²) >= 11 is 0. The van der Waals surface area contributed by atoms with Crippen LogP contribution < -0.4 is 5.32 Å². The van der Waals surface area contributed by atoms with E-state index in [9.17, 15) is 15.0 Å². The maximum Gasteiger partial charge on any atom is 0.220 e. The van der Waals surface area contributed by atoms with E-state index >= 15 is 0 Å². The summed E-state index contributed by atoms with van der Waals surface area (Å²) < 4.78 is 0. The Labute approximate surface area is 387 Å². The first-order chi connectivity index (χ1) is 30.7. The van der Waals surface area contributed by atoms with Crippen LogP contribution in [0.4, 0.5) is 0 Å². The van der Waals surface area contributed by atoms with Gasteiger partial charge in [-0.1, -0.05) is 273 Å². The number of allylic oxidation sites excluding steroid dienone is 12. The number of nitrogens with one attached hydrogen (secondary N) is 1. The lowest BCUT2D eigenvalue weighted by atomic mass is 10.0. The molecule has 0 aliphatic carbocycles. The molecule has 0 rings (SSSR count). The molecule has 360 valence electrons. The van der Waals surface area contributed by atoms with Crippen LogP contribution in [0.3, 0.4) is 0 Å². The fourth-order valence-electron chi connectivity index (χ4n) is 8.13. The number of hydrogen-bond acceptors (Lipinski definition) is 3. The molecule has 0 saturated carbocycles. The maximum atomic E-state index is 12.4. The van der Waals surface area contributed by atoms with Crippen LogP contribution in [0.5, 0.6) is 0 Å². The zero-order chi connectivity index (χ0) is 44.9. The monoisotopic (exact) mass is 864 g/mol. The number of aliphatic hydroxyl groups excluding tert-OH is 2. The predicted octanol–water partition coefficient (Wildman–Crippen LogP) is 17.8. The zero-order valence-corrected chi connectivity index (χ0v) is 41.4. The Morgan fingerprint density at radius 2 is 0.710 bits per heavy atom. The van der Waals surface area contributed by atoms with Crippen molar-refractivity contribution < 1.29 is 15.0 Å². The van der Waals surface area contributed by atoms with E-state index in [1.165, 1.54) is 180 Å². The average molecular weight is 864 g/mol. The Kier molecular flexibility index (Phi) is 51.3. The molecule has 0 heterocycles. The van der Waals surface area contributed by atoms with E-state index in [1.54, 1.807) is 0 Å². The SMILES string of the molecule is CC/C=C\C/C=C\C/C=C\C/C=C\C/C=C\C/C=C\CCCCCCCCCCCCCCCCCCCCCCC(=O)NC(CO)C(O)CCCCCCCCCCCCC. The molecule has 2 unspecified atom stereocenters. The van der Waals surface area contributed by atoms with Crippen molar-refractivity contribution in [2.75, 3.05) is 6.61 Å². The molecule has 2 atom stereocenters. The van der Waals surface area contributed by atoms with Gasteiger partial charge in [-0.25, -0.2) is 0 Å². The van der Waals surface area contributed by atoms with Crippen molar-refractivity contribution >= 4 is 5.91 Å². The summed E-state index contributed by atoms with van der Waals surface area (Å²) in [6.45, 7) is 4.24. The molecular weight excluding hydrogens is 759 g/mol. The first-order valence-electron chi connectivity index (χ1n) is 27.1. The van der Waals surface area contributed by atoms with Gasteiger partial charge in [-0.2, -0.15) is 0 Å². The Morgan fingerprint density at radius 1 is 0.403 bits per heavy atom. The van der Waals surface area contributed by atoms with Gasteiger partial charge in [0.05, 0.1) is 18.8 Å². The van der Waals surface area contributed by atoms with Gasteiger partial charge < -0.3 is 15.5 Å². The molecule has 0 aliphatic rings. The van der Waals surface area contributed by atoms with Crippen LogP contribution in [0.1, 0.15) is 271 Å². The Bertz CT molecular complexity index is 1070. The molecule has 62 heavy (non-hydrogen) atoms.